The Hall–Kier alpha value is -0.260. The lowest BCUT2D eigenvalue weighted by Crippen LogP contribution is -2.55. The first-order chi connectivity index (χ1) is 8.66. The molecule has 0 saturated carbocycles. The zero-order chi connectivity index (χ0) is 13.0. The molecular formula is C13H23NO3S. The minimum atomic E-state index is -0.494. The van der Waals surface area contributed by atoms with E-state index in [9.17, 15) is 4.79 Å². The second-order valence-electron chi connectivity index (χ2n) is 5.14. The minimum absolute atomic E-state index is 0.0974. The van der Waals surface area contributed by atoms with E-state index in [0.29, 0.717) is 11.9 Å². The lowest BCUT2D eigenvalue weighted by atomic mass is 9.96. The van der Waals surface area contributed by atoms with E-state index in [0.717, 1.165) is 38.2 Å². The summed E-state index contributed by atoms with van der Waals surface area (Å²) in [5.74, 6) is 0.708. The molecular weight excluding hydrogens is 250 g/mol. The Balaban J connectivity index is 1.93. The number of esters is 1. The van der Waals surface area contributed by atoms with Crippen LogP contribution in [-0.4, -0.2) is 48.4 Å². The Morgan fingerprint density at radius 3 is 3.00 bits per heavy atom. The summed E-state index contributed by atoms with van der Waals surface area (Å²) in [6, 6.07) is 0. The van der Waals surface area contributed by atoms with Crippen LogP contribution in [0.3, 0.4) is 0 Å². The molecule has 0 spiro atoms. The molecule has 0 aliphatic carbocycles. The zero-order valence-electron chi connectivity index (χ0n) is 11.2. The lowest BCUT2D eigenvalue weighted by molar-refractivity contribution is -0.150. The van der Waals surface area contributed by atoms with Crippen LogP contribution >= 0.6 is 11.8 Å². The third-order valence-corrected chi connectivity index (χ3v) is 5.00. The van der Waals surface area contributed by atoms with Gasteiger partial charge in [-0.15, -0.1) is 0 Å². The molecule has 104 valence electrons. The maximum absolute atomic E-state index is 12.2. The maximum Gasteiger partial charge on any atom is 0.327 e. The van der Waals surface area contributed by atoms with Crippen molar-refractivity contribution >= 4 is 17.7 Å². The van der Waals surface area contributed by atoms with Gasteiger partial charge >= 0.3 is 5.97 Å². The van der Waals surface area contributed by atoms with Crippen molar-refractivity contribution in [1.82, 2.24) is 5.32 Å². The molecule has 1 N–H and O–H groups in total. The van der Waals surface area contributed by atoms with Gasteiger partial charge in [-0.25, -0.2) is 0 Å². The molecule has 0 bridgehead atoms. The Labute approximate surface area is 113 Å². The molecule has 18 heavy (non-hydrogen) atoms. The SMILES string of the molecule is CCOC(=O)C1(NCC2CCCO2)CSC(C)C1. The van der Waals surface area contributed by atoms with Crippen molar-refractivity contribution in [3.8, 4) is 0 Å². The van der Waals surface area contributed by atoms with Crippen molar-refractivity contribution < 1.29 is 14.3 Å². The number of carbonyl (C=O) groups is 1. The third-order valence-electron chi connectivity index (χ3n) is 3.61. The van der Waals surface area contributed by atoms with Gasteiger partial charge in [0.25, 0.3) is 0 Å². The van der Waals surface area contributed by atoms with Crippen LogP contribution in [0.5, 0.6) is 0 Å². The average molecular weight is 273 g/mol. The van der Waals surface area contributed by atoms with Gasteiger partial charge in [0.2, 0.25) is 0 Å². The van der Waals surface area contributed by atoms with E-state index in [-0.39, 0.29) is 12.1 Å². The van der Waals surface area contributed by atoms with Crippen LogP contribution in [0.2, 0.25) is 0 Å². The van der Waals surface area contributed by atoms with Gasteiger partial charge in [0.1, 0.15) is 5.54 Å². The van der Waals surface area contributed by atoms with E-state index in [2.05, 4.69) is 12.2 Å². The number of ether oxygens (including phenoxy) is 2. The molecule has 0 aromatic carbocycles. The molecule has 4 nitrogen and oxygen atoms in total. The second-order valence-corrected chi connectivity index (χ2v) is 6.57. The zero-order valence-corrected chi connectivity index (χ0v) is 12.1. The van der Waals surface area contributed by atoms with Gasteiger partial charge in [0, 0.05) is 24.2 Å². The van der Waals surface area contributed by atoms with Gasteiger partial charge in [0.15, 0.2) is 0 Å². The Morgan fingerprint density at radius 2 is 2.44 bits per heavy atom. The quantitative estimate of drug-likeness (QED) is 0.771. The summed E-state index contributed by atoms with van der Waals surface area (Å²) in [7, 11) is 0. The monoisotopic (exact) mass is 273 g/mol. The van der Waals surface area contributed by atoms with Gasteiger partial charge in [0.05, 0.1) is 12.7 Å². The summed E-state index contributed by atoms with van der Waals surface area (Å²) >= 11 is 1.84. The van der Waals surface area contributed by atoms with Gasteiger partial charge < -0.3 is 9.47 Å². The minimum Gasteiger partial charge on any atom is -0.465 e. The molecule has 0 aromatic rings. The standard InChI is InChI=1S/C13H23NO3S/c1-3-16-12(15)13(7-10(2)18-9-13)14-8-11-5-4-6-17-11/h10-11,14H,3-9H2,1-2H3. The molecule has 0 amide bonds. The molecule has 2 rings (SSSR count). The van der Waals surface area contributed by atoms with Gasteiger partial charge in [-0.3, -0.25) is 10.1 Å². The molecule has 2 aliphatic heterocycles. The van der Waals surface area contributed by atoms with E-state index < -0.39 is 5.54 Å². The van der Waals surface area contributed by atoms with E-state index >= 15 is 0 Å². The predicted octanol–water partition coefficient (Wildman–Crippen LogP) is 1.58. The summed E-state index contributed by atoms with van der Waals surface area (Å²) in [4.78, 5) is 12.2. The van der Waals surface area contributed by atoms with Crippen molar-refractivity contribution in [3.05, 3.63) is 0 Å². The fourth-order valence-corrected chi connectivity index (χ4v) is 3.92. The number of rotatable bonds is 5. The second kappa shape index (κ2) is 6.26. The molecule has 2 saturated heterocycles. The van der Waals surface area contributed by atoms with E-state index in [4.69, 9.17) is 9.47 Å². The topological polar surface area (TPSA) is 47.6 Å². The summed E-state index contributed by atoms with van der Waals surface area (Å²) in [5, 5.41) is 3.94. The number of thioether (sulfide) groups is 1. The van der Waals surface area contributed by atoms with Crippen LogP contribution in [0.15, 0.2) is 0 Å². The van der Waals surface area contributed by atoms with Crippen LogP contribution < -0.4 is 5.32 Å². The largest absolute Gasteiger partial charge is 0.465 e. The van der Waals surface area contributed by atoms with Crippen molar-refractivity contribution in [2.24, 2.45) is 0 Å². The highest BCUT2D eigenvalue weighted by Crippen LogP contribution is 2.35. The van der Waals surface area contributed by atoms with Crippen LogP contribution in [0, 0.1) is 0 Å². The van der Waals surface area contributed by atoms with Crippen LogP contribution in [0.25, 0.3) is 0 Å². The highest BCUT2D eigenvalue weighted by atomic mass is 32.2. The van der Waals surface area contributed by atoms with E-state index in [1.165, 1.54) is 0 Å². The van der Waals surface area contributed by atoms with Crippen molar-refractivity contribution in [2.45, 2.75) is 50.0 Å². The van der Waals surface area contributed by atoms with Crippen molar-refractivity contribution in [2.75, 3.05) is 25.5 Å². The number of nitrogens with one attached hydrogen (secondary N) is 1. The van der Waals surface area contributed by atoms with E-state index in [1.54, 1.807) is 0 Å². The molecule has 2 fully saturated rings. The molecule has 2 heterocycles. The predicted molar refractivity (Wildman–Crippen MR) is 72.9 cm³/mol. The van der Waals surface area contributed by atoms with E-state index in [1.807, 2.05) is 18.7 Å². The Bertz CT molecular complexity index is 294. The molecule has 0 radical (unpaired) electrons. The highest BCUT2D eigenvalue weighted by Gasteiger charge is 2.46. The molecule has 2 aliphatic rings. The Morgan fingerprint density at radius 1 is 1.61 bits per heavy atom. The third kappa shape index (κ3) is 3.19. The van der Waals surface area contributed by atoms with Crippen LogP contribution in [-0.2, 0) is 14.3 Å². The summed E-state index contributed by atoms with van der Waals surface area (Å²) in [6.07, 6.45) is 3.33. The Kier molecular flexibility index (Phi) is 4.92. The van der Waals surface area contributed by atoms with Gasteiger partial charge in [-0.1, -0.05) is 6.92 Å². The molecule has 0 aromatic heterocycles. The van der Waals surface area contributed by atoms with Crippen molar-refractivity contribution in [3.63, 3.8) is 0 Å². The number of carbonyl (C=O) groups excluding carboxylic acids is 1. The summed E-state index contributed by atoms with van der Waals surface area (Å²) in [5.41, 5.74) is -0.494. The highest BCUT2D eigenvalue weighted by molar-refractivity contribution is 8.00. The van der Waals surface area contributed by atoms with Gasteiger partial charge in [-0.2, -0.15) is 11.8 Å². The smallest absolute Gasteiger partial charge is 0.327 e. The van der Waals surface area contributed by atoms with Crippen molar-refractivity contribution in [1.29, 1.82) is 0 Å². The van der Waals surface area contributed by atoms with Crippen LogP contribution in [0.1, 0.15) is 33.1 Å². The molecule has 3 atom stereocenters. The first-order valence-electron chi connectivity index (χ1n) is 6.82. The first-order valence-corrected chi connectivity index (χ1v) is 7.86. The summed E-state index contributed by atoms with van der Waals surface area (Å²) < 4.78 is 10.8. The number of hydrogen-bond donors (Lipinski definition) is 1. The normalized spacial score (nSPS) is 35.9. The van der Waals surface area contributed by atoms with Crippen LogP contribution in [0.4, 0.5) is 0 Å². The number of hydrogen-bond acceptors (Lipinski definition) is 5. The maximum atomic E-state index is 12.2. The molecule has 3 unspecified atom stereocenters. The fourth-order valence-electron chi connectivity index (χ4n) is 2.61. The first kappa shape index (κ1) is 14.2. The summed E-state index contributed by atoms with van der Waals surface area (Å²) in [6.45, 7) is 6.08. The fraction of sp³-hybridized carbons (Fsp3) is 0.923. The average Bonchev–Trinajstić information content (AvgIpc) is 2.97. The lowest BCUT2D eigenvalue weighted by Gasteiger charge is -2.28. The van der Waals surface area contributed by atoms with Gasteiger partial charge in [-0.05, 0) is 26.2 Å². The molecule has 5 heteroatoms.